The van der Waals surface area contributed by atoms with Gasteiger partial charge >= 0.3 is 0 Å². The summed E-state index contributed by atoms with van der Waals surface area (Å²) in [5.74, 6) is -2.73. The Hall–Kier alpha value is -4.24. The molecule has 0 radical (unpaired) electrons. The SMILES string of the molecule is N#CC1=C(N)N(c2cccnc2)C(=O)C(C(=O)c2ccccc2)C1c1ccccc1. The molecule has 3 aromatic rings. The van der Waals surface area contributed by atoms with Crippen molar-refractivity contribution in [1.29, 1.82) is 5.26 Å². The van der Waals surface area contributed by atoms with Gasteiger partial charge in [0, 0.05) is 17.7 Å². The summed E-state index contributed by atoms with van der Waals surface area (Å²) in [5.41, 5.74) is 7.98. The number of carbonyl (C=O) groups excluding carboxylic acids is 2. The van der Waals surface area contributed by atoms with Crippen molar-refractivity contribution in [2.75, 3.05) is 4.90 Å². The first-order valence-corrected chi connectivity index (χ1v) is 9.41. The standard InChI is InChI=1S/C24H18N4O2/c25-14-19-20(16-8-3-1-4-9-16)21(22(29)17-10-5-2-6-11-17)24(30)28(23(19)26)18-12-7-13-27-15-18/h1-13,15,20-21H,26H2. The fourth-order valence-corrected chi connectivity index (χ4v) is 3.79. The van der Waals surface area contributed by atoms with Crippen LogP contribution in [0.4, 0.5) is 5.69 Å². The van der Waals surface area contributed by atoms with E-state index in [-0.39, 0.29) is 17.2 Å². The molecular formula is C24H18N4O2. The molecule has 0 aliphatic carbocycles. The quantitative estimate of drug-likeness (QED) is 0.540. The van der Waals surface area contributed by atoms with Gasteiger partial charge in [0.2, 0.25) is 5.91 Å². The number of aromatic nitrogens is 1. The van der Waals surface area contributed by atoms with Gasteiger partial charge in [-0.3, -0.25) is 19.5 Å². The summed E-state index contributed by atoms with van der Waals surface area (Å²) in [6.45, 7) is 0. The van der Waals surface area contributed by atoms with Crippen LogP contribution >= 0.6 is 0 Å². The average molecular weight is 394 g/mol. The van der Waals surface area contributed by atoms with E-state index in [1.165, 1.54) is 11.1 Å². The largest absolute Gasteiger partial charge is 0.384 e. The maximum atomic E-state index is 13.7. The summed E-state index contributed by atoms with van der Waals surface area (Å²) >= 11 is 0. The van der Waals surface area contributed by atoms with Gasteiger partial charge in [-0.05, 0) is 17.7 Å². The maximum absolute atomic E-state index is 13.7. The van der Waals surface area contributed by atoms with Crippen LogP contribution in [0, 0.1) is 17.2 Å². The summed E-state index contributed by atoms with van der Waals surface area (Å²) < 4.78 is 0. The molecule has 30 heavy (non-hydrogen) atoms. The first-order valence-electron chi connectivity index (χ1n) is 9.41. The minimum absolute atomic E-state index is 0.0152. The van der Waals surface area contributed by atoms with E-state index in [4.69, 9.17) is 5.73 Å². The zero-order valence-electron chi connectivity index (χ0n) is 16.0. The predicted molar refractivity (Wildman–Crippen MR) is 112 cm³/mol. The molecule has 2 unspecified atom stereocenters. The van der Waals surface area contributed by atoms with Crippen LogP contribution in [0.25, 0.3) is 0 Å². The highest BCUT2D eigenvalue weighted by atomic mass is 16.2. The first-order chi connectivity index (χ1) is 14.6. The van der Waals surface area contributed by atoms with Gasteiger partial charge in [-0.2, -0.15) is 5.26 Å². The number of benzene rings is 2. The molecule has 1 aromatic heterocycles. The second-order valence-corrected chi connectivity index (χ2v) is 6.89. The number of hydrogen-bond donors (Lipinski definition) is 1. The normalized spacial score (nSPS) is 18.8. The average Bonchev–Trinajstić information content (AvgIpc) is 2.80. The van der Waals surface area contributed by atoms with E-state index in [0.29, 0.717) is 16.8 Å². The Morgan fingerprint density at radius 2 is 1.67 bits per heavy atom. The molecule has 2 N–H and O–H groups in total. The van der Waals surface area contributed by atoms with Crippen molar-refractivity contribution in [3.8, 4) is 6.07 Å². The van der Waals surface area contributed by atoms with Crippen LogP contribution in [0.2, 0.25) is 0 Å². The van der Waals surface area contributed by atoms with Gasteiger partial charge in [0.1, 0.15) is 11.7 Å². The molecule has 1 aliphatic rings. The van der Waals surface area contributed by atoms with E-state index in [9.17, 15) is 14.9 Å². The Kier molecular flexibility index (Phi) is 5.10. The Balaban J connectivity index is 1.94. The van der Waals surface area contributed by atoms with Crippen LogP contribution < -0.4 is 10.6 Å². The third kappa shape index (κ3) is 3.23. The van der Waals surface area contributed by atoms with Crippen molar-refractivity contribution in [1.82, 2.24) is 4.98 Å². The summed E-state index contributed by atoms with van der Waals surface area (Å²) in [4.78, 5) is 32.4. The number of anilines is 1. The number of pyridine rings is 1. The molecular weight excluding hydrogens is 376 g/mol. The minimum Gasteiger partial charge on any atom is -0.384 e. The van der Waals surface area contributed by atoms with Crippen molar-refractivity contribution in [3.05, 3.63) is 108 Å². The lowest BCUT2D eigenvalue weighted by atomic mass is 9.74. The number of rotatable bonds is 4. The molecule has 1 aliphatic heterocycles. The Labute approximate surface area is 173 Å². The zero-order chi connectivity index (χ0) is 21.1. The summed E-state index contributed by atoms with van der Waals surface area (Å²) in [7, 11) is 0. The highest BCUT2D eigenvalue weighted by molar-refractivity contribution is 6.17. The molecule has 0 saturated carbocycles. The van der Waals surface area contributed by atoms with Gasteiger partial charge in [-0.15, -0.1) is 0 Å². The molecule has 0 bridgehead atoms. The third-order valence-electron chi connectivity index (χ3n) is 5.17. The Bertz CT molecular complexity index is 1150. The molecule has 146 valence electrons. The lowest BCUT2D eigenvalue weighted by Crippen LogP contribution is -2.49. The van der Waals surface area contributed by atoms with E-state index in [1.807, 2.05) is 18.2 Å². The number of nitrogens with zero attached hydrogens (tertiary/aromatic N) is 3. The number of Topliss-reactive ketones (excluding diaryl/α,β-unsaturated/α-hetero) is 1. The molecule has 2 heterocycles. The molecule has 0 fully saturated rings. The van der Waals surface area contributed by atoms with E-state index in [2.05, 4.69) is 11.1 Å². The third-order valence-corrected chi connectivity index (χ3v) is 5.17. The summed E-state index contributed by atoms with van der Waals surface area (Å²) in [5, 5.41) is 9.96. The van der Waals surface area contributed by atoms with Gasteiger partial charge in [0.25, 0.3) is 0 Å². The smallest absolute Gasteiger partial charge is 0.244 e. The van der Waals surface area contributed by atoms with Gasteiger partial charge in [-0.1, -0.05) is 60.7 Å². The van der Waals surface area contributed by atoms with Crippen LogP contribution in [0.3, 0.4) is 0 Å². The minimum atomic E-state index is -1.13. The highest BCUT2D eigenvalue weighted by Crippen LogP contribution is 2.41. The van der Waals surface area contributed by atoms with Crippen molar-refractivity contribution in [2.24, 2.45) is 11.7 Å². The van der Waals surface area contributed by atoms with E-state index in [0.717, 1.165) is 0 Å². The van der Waals surface area contributed by atoms with Gasteiger partial charge in [-0.25, -0.2) is 0 Å². The lowest BCUT2D eigenvalue weighted by Gasteiger charge is -2.37. The predicted octanol–water partition coefficient (Wildman–Crippen LogP) is 3.40. The summed E-state index contributed by atoms with van der Waals surface area (Å²) in [6.07, 6.45) is 3.05. The van der Waals surface area contributed by atoms with Crippen molar-refractivity contribution < 1.29 is 9.59 Å². The second kappa shape index (κ2) is 8.02. The number of allylic oxidation sites excluding steroid dienone is 1. The van der Waals surface area contributed by atoms with Crippen LogP contribution in [-0.4, -0.2) is 16.7 Å². The van der Waals surface area contributed by atoms with Crippen LogP contribution in [0.1, 0.15) is 21.8 Å². The highest BCUT2D eigenvalue weighted by Gasteiger charge is 2.47. The molecule has 6 nitrogen and oxygen atoms in total. The molecule has 6 heteroatoms. The monoisotopic (exact) mass is 394 g/mol. The maximum Gasteiger partial charge on any atom is 0.244 e. The number of nitrogens with two attached hydrogens (primary N) is 1. The molecule has 2 atom stereocenters. The van der Waals surface area contributed by atoms with Crippen LogP contribution in [0.15, 0.2) is 96.6 Å². The van der Waals surface area contributed by atoms with Crippen LogP contribution in [-0.2, 0) is 4.79 Å². The Morgan fingerprint density at radius 1 is 1.00 bits per heavy atom. The number of carbonyl (C=O) groups is 2. The van der Waals surface area contributed by atoms with Crippen LogP contribution in [0.5, 0.6) is 0 Å². The van der Waals surface area contributed by atoms with Crippen molar-refractivity contribution >= 4 is 17.4 Å². The molecule has 2 aromatic carbocycles. The van der Waals surface area contributed by atoms with E-state index in [1.54, 1.807) is 60.8 Å². The molecule has 1 amide bonds. The van der Waals surface area contributed by atoms with Gasteiger partial charge in [0.15, 0.2) is 5.78 Å². The fourth-order valence-electron chi connectivity index (χ4n) is 3.79. The summed E-state index contributed by atoms with van der Waals surface area (Å²) in [6, 6.07) is 23.1. The number of nitriles is 1. The zero-order valence-corrected chi connectivity index (χ0v) is 16.0. The molecule has 0 saturated heterocycles. The topological polar surface area (TPSA) is 100 Å². The van der Waals surface area contributed by atoms with E-state index < -0.39 is 17.7 Å². The second-order valence-electron chi connectivity index (χ2n) is 6.89. The fraction of sp³-hybridized carbons (Fsp3) is 0.0833. The van der Waals surface area contributed by atoms with Gasteiger partial charge in [0.05, 0.1) is 23.5 Å². The Morgan fingerprint density at radius 3 is 2.27 bits per heavy atom. The lowest BCUT2D eigenvalue weighted by molar-refractivity contribution is -0.121. The molecule has 4 rings (SSSR count). The first kappa shape index (κ1) is 19.1. The number of hydrogen-bond acceptors (Lipinski definition) is 5. The molecule has 0 spiro atoms. The number of amides is 1. The van der Waals surface area contributed by atoms with Crippen molar-refractivity contribution in [3.63, 3.8) is 0 Å². The van der Waals surface area contributed by atoms with Gasteiger partial charge < -0.3 is 5.73 Å². The van der Waals surface area contributed by atoms with Crippen molar-refractivity contribution in [2.45, 2.75) is 5.92 Å². The number of ketones is 1. The van der Waals surface area contributed by atoms with E-state index >= 15 is 0 Å².